The molecule has 0 saturated heterocycles. The number of ether oxygens (including phenoxy) is 1. The third-order valence-corrected chi connectivity index (χ3v) is 5.04. The van der Waals surface area contributed by atoms with Crippen molar-refractivity contribution in [2.24, 2.45) is 0 Å². The molecule has 0 radical (unpaired) electrons. The summed E-state index contributed by atoms with van der Waals surface area (Å²) >= 11 is 0. The van der Waals surface area contributed by atoms with Crippen LogP contribution in [-0.2, 0) is 22.6 Å². The van der Waals surface area contributed by atoms with E-state index < -0.39 is 6.04 Å². The van der Waals surface area contributed by atoms with Crippen molar-refractivity contribution in [3.8, 4) is 5.75 Å². The lowest BCUT2D eigenvalue weighted by molar-refractivity contribution is -0.140. The van der Waals surface area contributed by atoms with Crippen LogP contribution in [0.15, 0.2) is 42.5 Å². The Labute approximate surface area is 174 Å². The van der Waals surface area contributed by atoms with E-state index in [0.717, 1.165) is 22.4 Å². The lowest BCUT2D eigenvalue weighted by Gasteiger charge is -2.29. The minimum atomic E-state index is -0.571. The Bertz CT molecular complexity index is 844. The summed E-state index contributed by atoms with van der Waals surface area (Å²) in [7, 11) is 1.62. The SMILES string of the molecule is COc1ccc(CN(C(=O)Cc2ccc(C)c(C)c2)[C@@H](C)C(=O)NC(C)C)cc1. The van der Waals surface area contributed by atoms with Gasteiger partial charge in [-0.05, 0) is 69.0 Å². The predicted molar refractivity (Wildman–Crippen MR) is 116 cm³/mol. The van der Waals surface area contributed by atoms with Crippen LogP contribution in [0.4, 0.5) is 0 Å². The van der Waals surface area contributed by atoms with Crippen molar-refractivity contribution in [3.63, 3.8) is 0 Å². The maximum atomic E-state index is 13.2. The van der Waals surface area contributed by atoms with Crippen LogP contribution in [-0.4, -0.2) is 35.9 Å². The van der Waals surface area contributed by atoms with E-state index in [1.165, 1.54) is 5.56 Å². The summed E-state index contributed by atoms with van der Waals surface area (Å²) < 4.78 is 5.21. The average molecular weight is 397 g/mol. The van der Waals surface area contributed by atoms with Crippen molar-refractivity contribution >= 4 is 11.8 Å². The third kappa shape index (κ3) is 6.34. The number of nitrogens with zero attached hydrogens (tertiary/aromatic N) is 1. The summed E-state index contributed by atoms with van der Waals surface area (Å²) in [5.74, 6) is 0.532. The molecular formula is C24H32N2O3. The first-order valence-corrected chi connectivity index (χ1v) is 10.00. The van der Waals surface area contributed by atoms with Crippen LogP contribution >= 0.6 is 0 Å². The molecule has 0 heterocycles. The highest BCUT2D eigenvalue weighted by atomic mass is 16.5. The Morgan fingerprint density at radius 3 is 2.14 bits per heavy atom. The van der Waals surface area contributed by atoms with Gasteiger partial charge in [-0.1, -0.05) is 30.3 Å². The summed E-state index contributed by atoms with van der Waals surface area (Å²) in [6.07, 6.45) is 0.260. The molecule has 0 unspecified atom stereocenters. The molecule has 5 heteroatoms. The highest BCUT2D eigenvalue weighted by molar-refractivity contribution is 5.88. The van der Waals surface area contributed by atoms with Gasteiger partial charge < -0.3 is 15.0 Å². The van der Waals surface area contributed by atoms with Gasteiger partial charge in [0.2, 0.25) is 11.8 Å². The van der Waals surface area contributed by atoms with Crippen LogP contribution in [0.5, 0.6) is 5.75 Å². The van der Waals surface area contributed by atoms with Crippen molar-refractivity contribution in [3.05, 3.63) is 64.7 Å². The summed E-state index contributed by atoms with van der Waals surface area (Å²) in [6.45, 7) is 10.1. The molecule has 2 rings (SSSR count). The molecule has 0 spiro atoms. The van der Waals surface area contributed by atoms with E-state index in [4.69, 9.17) is 4.74 Å². The van der Waals surface area contributed by atoms with E-state index in [1.807, 2.05) is 63.2 Å². The van der Waals surface area contributed by atoms with Crippen molar-refractivity contribution in [2.75, 3.05) is 7.11 Å². The average Bonchev–Trinajstić information content (AvgIpc) is 2.68. The van der Waals surface area contributed by atoms with Crippen molar-refractivity contribution in [2.45, 2.75) is 59.7 Å². The van der Waals surface area contributed by atoms with Crippen LogP contribution in [0.2, 0.25) is 0 Å². The van der Waals surface area contributed by atoms with Gasteiger partial charge in [0.05, 0.1) is 13.5 Å². The topological polar surface area (TPSA) is 58.6 Å². The van der Waals surface area contributed by atoms with Gasteiger partial charge >= 0.3 is 0 Å². The Hall–Kier alpha value is -2.82. The number of amides is 2. The van der Waals surface area contributed by atoms with E-state index in [-0.39, 0.29) is 24.3 Å². The summed E-state index contributed by atoms with van der Waals surface area (Å²) in [6, 6.07) is 13.1. The van der Waals surface area contributed by atoms with Gasteiger partial charge in [-0.15, -0.1) is 0 Å². The van der Waals surface area contributed by atoms with Gasteiger partial charge in [0.15, 0.2) is 0 Å². The Kier molecular flexibility index (Phi) is 7.82. The molecular weight excluding hydrogens is 364 g/mol. The molecule has 0 aliphatic rings. The first-order chi connectivity index (χ1) is 13.7. The van der Waals surface area contributed by atoms with Gasteiger partial charge in [-0.2, -0.15) is 0 Å². The number of benzene rings is 2. The van der Waals surface area contributed by atoms with E-state index in [1.54, 1.807) is 18.9 Å². The zero-order valence-corrected chi connectivity index (χ0v) is 18.3. The maximum absolute atomic E-state index is 13.2. The molecule has 0 saturated carbocycles. The van der Waals surface area contributed by atoms with Crippen LogP contribution in [0.25, 0.3) is 0 Å². The van der Waals surface area contributed by atoms with Gasteiger partial charge in [-0.3, -0.25) is 9.59 Å². The monoisotopic (exact) mass is 396 g/mol. The molecule has 0 aromatic heterocycles. The lowest BCUT2D eigenvalue weighted by atomic mass is 10.0. The summed E-state index contributed by atoms with van der Waals surface area (Å²) in [4.78, 5) is 27.5. The number of aryl methyl sites for hydroxylation is 2. The number of carbonyl (C=O) groups excluding carboxylic acids is 2. The van der Waals surface area contributed by atoms with Gasteiger partial charge in [0.25, 0.3) is 0 Å². The number of hydrogen-bond acceptors (Lipinski definition) is 3. The van der Waals surface area contributed by atoms with Crippen LogP contribution in [0, 0.1) is 13.8 Å². The maximum Gasteiger partial charge on any atom is 0.242 e. The molecule has 29 heavy (non-hydrogen) atoms. The molecule has 0 aliphatic carbocycles. The molecule has 5 nitrogen and oxygen atoms in total. The molecule has 2 aromatic rings. The zero-order valence-electron chi connectivity index (χ0n) is 18.3. The Balaban J connectivity index is 2.24. The van der Waals surface area contributed by atoms with E-state index in [9.17, 15) is 9.59 Å². The van der Waals surface area contributed by atoms with Crippen molar-refractivity contribution in [1.29, 1.82) is 0 Å². The number of hydrogen-bond donors (Lipinski definition) is 1. The van der Waals surface area contributed by atoms with Crippen LogP contribution < -0.4 is 10.1 Å². The van der Waals surface area contributed by atoms with Crippen molar-refractivity contribution in [1.82, 2.24) is 10.2 Å². The molecule has 0 fully saturated rings. The predicted octanol–water partition coefficient (Wildman–Crippen LogP) is 3.80. The smallest absolute Gasteiger partial charge is 0.242 e. The number of nitrogens with one attached hydrogen (secondary N) is 1. The fourth-order valence-corrected chi connectivity index (χ4v) is 3.11. The molecule has 0 bridgehead atoms. The van der Waals surface area contributed by atoms with Gasteiger partial charge in [-0.25, -0.2) is 0 Å². The van der Waals surface area contributed by atoms with E-state index in [2.05, 4.69) is 12.2 Å². The second-order valence-electron chi connectivity index (χ2n) is 7.80. The van der Waals surface area contributed by atoms with E-state index in [0.29, 0.717) is 6.54 Å². The number of methoxy groups -OCH3 is 1. The van der Waals surface area contributed by atoms with Gasteiger partial charge in [0, 0.05) is 12.6 Å². The fourth-order valence-electron chi connectivity index (χ4n) is 3.11. The van der Waals surface area contributed by atoms with Gasteiger partial charge in [0.1, 0.15) is 11.8 Å². The normalized spacial score (nSPS) is 11.8. The number of carbonyl (C=O) groups is 2. The largest absolute Gasteiger partial charge is 0.497 e. The minimum absolute atomic E-state index is 0.0163. The minimum Gasteiger partial charge on any atom is -0.497 e. The molecule has 156 valence electrons. The summed E-state index contributed by atoms with van der Waals surface area (Å²) in [5.41, 5.74) is 4.25. The number of rotatable bonds is 8. The molecule has 2 aromatic carbocycles. The Morgan fingerprint density at radius 2 is 1.59 bits per heavy atom. The highest BCUT2D eigenvalue weighted by Crippen LogP contribution is 2.17. The molecule has 0 aliphatic heterocycles. The second-order valence-corrected chi connectivity index (χ2v) is 7.80. The van der Waals surface area contributed by atoms with E-state index >= 15 is 0 Å². The third-order valence-electron chi connectivity index (χ3n) is 5.04. The molecule has 1 atom stereocenters. The fraction of sp³-hybridized carbons (Fsp3) is 0.417. The van der Waals surface area contributed by atoms with Crippen molar-refractivity contribution < 1.29 is 14.3 Å². The zero-order chi connectivity index (χ0) is 21.6. The lowest BCUT2D eigenvalue weighted by Crippen LogP contribution is -2.49. The van der Waals surface area contributed by atoms with Crippen LogP contribution in [0.3, 0.4) is 0 Å². The Morgan fingerprint density at radius 1 is 0.966 bits per heavy atom. The molecule has 2 amide bonds. The highest BCUT2D eigenvalue weighted by Gasteiger charge is 2.26. The summed E-state index contributed by atoms with van der Waals surface area (Å²) in [5, 5.41) is 2.91. The second kappa shape index (κ2) is 10.1. The molecule has 1 N–H and O–H groups in total. The van der Waals surface area contributed by atoms with Crippen LogP contribution in [0.1, 0.15) is 43.0 Å². The first kappa shape index (κ1) is 22.5. The quantitative estimate of drug-likeness (QED) is 0.738. The first-order valence-electron chi connectivity index (χ1n) is 10.00. The standard InChI is InChI=1S/C24H32N2O3/c1-16(2)25-24(28)19(5)26(15-20-9-11-22(29-6)12-10-20)23(27)14-21-8-7-17(3)18(4)13-21/h7-13,16,19H,14-15H2,1-6H3,(H,25,28)/t19-/m0/s1.